The molecule has 0 saturated carbocycles. The van der Waals surface area contributed by atoms with E-state index < -0.39 is 95.1 Å². The van der Waals surface area contributed by atoms with E-state index in [-0.39, 0.29) is 86.7 Å². The molecule has 0 aromatic heterocycles. The van der Waals surface area contributed by atoms with Gasteiger partial charge in [0.1, 0.15) is 41.3 Å². The Bertz CT molecular complexity index is 2320. The number of carboxylic acids is 3. The Morgan fingerprint density at radius 3 is 1.73 bits per heavy atom. The van der Waals surface area contributed by atoms with Crippen LogP contribution in [0.2, 0.25) is 0 Å². The second-order valence-electron chi connectivity index (χ2n) is 20.2. The second kappa shape index (κ2) is 35.6. The normalized spacial score (nSPS) is 15.8. The van der Waals surface area contributed by atoms with Crippen LogP contribution in [-0.2, 0) is 55.9 Å². The summed E-state index contributed by atoms with van der Waals surface area (Å²) in [6.45, 7) is 14.2. The number of rotatable bonds is 19. The second-order valence-corrected chi connectivity index (χ2v) is 20.2. The topological polar surface area (TPSA) is 455 Å². The van der Waals surface area contributed by atoms with Gasteiger partial charge < -0.3 is 89.4 Å². The van der Waals surface area contributed by atoms with Gasteiger partial charge in [-0.15, -0.1) is 0 Å². The first-order chi connectivity index (χ1) is 36.6. The third-order valence-corrected chi connectivity index (χ3v) is 10.8. The largest absolute Gasteiger partial charge is 0.508 e. The average molecular weight is 1120 g/mol. The van der Waals surface area contributed by atoms with E-state index in [0.717, 1.165) is 20.8 Å². The number of benzene rings is 2. The number of fused-ring (bicyclic) bond motifs is 5. The molecular weight excluding hydrogens is 1040 g/mol. The number of nitrogens with zero attached hydrogens (tertiary/aromatic N) is 1. The third-order valence-electron chi connectivity index (χ3n) is 10.8. The van der Waals surface area contributed by atoms with Crippen molar-refractivity contribution in [1.82, 2.24) is 36.8 Å². The number of alkyl carbamates (subject to hydrolysis) is 1. The van der Waals surface area contributed by atoms with Gasteiger partial charge in [0.25, 0.3) is 17.9 Å². The number of aliphatic carboxylic acids is 3. The van der Waals surface area contributed by atoms with Crippen LogP contribution >= 0.6 is 0 Å². The van der Waals surface area contributed by atoms with E-state index in [2.05, 4.69) is 31.9 Å². The van der Waals surface area contributed by atoms with Gasteiger partial charge in [0.2, 0.25) is 29.5 Å². The van der Waals surface area contributed by atoms with E-state index in [4.69, 9.17) is 51.6 Å². The lowest BCUT2D eigenvalue weighted by Gasteiger charge is -2.33. The summed E-state index contributed by atoms with van der Waals surface area (Å²) < 4.78 is 5.45. The summed E-state index contributed by atoms with van der Waals surface area (Å²) in [7, 11) is 0. The molecule has 1 aliphatic heterocycles. The first kappa shape index (κ1) is 71.2. The van der Waals surface area contributed by atoms with Crippen molar-refractivity contribution >= 4 is 59.6 Å². The summed E-state index contributed by atoms with van der Waals surface area (Å²) >= 11 is 0. The minimum atomic E-state index is -1.47. The van der Waals surface area contributed by atoms with Crippen LogP contribution in [0.5, 0.6) is 11.5 Å². The summed E-state index contributed by atoms with van der Waals surface area (Å²) in [5.41, 5.74) is 17.1. The van der Waals surface area contributed by atoms with Gasteiger partial charge in [-0.25, -0.2) is 9.59 Å². The standard InChI is InChI=1S/C46H72N10O11.3C2H4O2/c1-45(2,3)56(44(65)66)21-9-12-33-40(61)54-34(41(62)52-32(11-7-17-47)39(60)51-19-8-10-31(49)26-38(59)50-20-18-48)24-29-22-27(13-15-36(29)57)28-14-16-37(58)30(23-28)25-35(42(63)53-33)55-43(64)67-46(4,5)6;3*1-2(3)4/h13-16,22-23,31-35,57-58H,7-12,17-21,24-26,47-49H2,1-6H3,(H,50,59)(H,51,60)(H,52,62)(H,53,63)(H,54,61)(H,55,64)(H,65,66);3*1H3,(H,3,4)/t31-,32-,33-,34-,35-;;;/m0.../s1. The van der Waals surface area contributed by atoms with Crippen LogP contribution in [0.1, 0.15) is 118 Å². The van der Waals surface area contributed by atoms with Gasteiger partial charge in [0.05, 0.1) is 0 Å². The maximum atomic E-state index is 14.5. The number of ether oxygens (including phenoxy) is 1. The fourth-order valence-corrected chi connectivity index (χ4v) is 7.34. The minimum Gasteiger partial charge on any atom is -0.508 e. The van der Waals surface area contributed by atoms with Gasteiger partial charge in [0, 0.05) is 77.8 Å². The highest BCUT2D eigenvalue weighted by molar-refractivity contribution is 5.95. The van der Waals surface area contributed by atoms with Crippen molar-refractivity contribution in [2.24, 2.45) is 17.2 Å². The molecule has 0 saturated heterocycles. The highest BCUT2D eigenvalue weighted by atomic mass is 16.6. The predicted octanol–water partition coefficient (Wildman–Crippen LogP) is 1.47. The van der Waals surface area contributed by atoms with E-state index in [1.165, 1.54) is 17.0 Å². The molecule has 2 aromatic rings. The summed E-state index contributed by atoms with van der Waals surface area (Å²) in [5.74, 6) is -6.22. The quantitative estimate of drug-likeness (QED) is 0.0886. The van der Waals surface area contributed by atoms with Crippen molar-refractivity contribution < 1.29 is 83.3 Å². The van der Waals surface area contributed by atoms with E-state index in [1.54, 1.807) is 65.8 Å². The zero-order valence-corrected chi connectivity index (χ0v) is 46.6. The van der Waals surface area contributed by atoms with Gasteiger partial charge in [-0.1, -0.05) is 12.1 Å². The van der Waals surface area contributed by atoms with E-state index >= 15 is 0 Å². The fourth-order valence-electron chi connectivity index (χ4n) is 7.34. The summed E-state index contributed by atoms with van der Waals surface area (Å²) in [6.07, 6.45) is -1.43. The lowest BCUT2D eigenvalue weighted by Crippen LogP contribution is -2.59. The number of hydrogen-bond donors (Lipinski definition) is 15. The van der Waals surface area contributed by atoms with Gasteiger partial charge >= 0.3 is 12.2 Å². The number of phenolic OH excluding ortho intramolecular Hbond substituents is 2. The van der Waals surface area contributed by atoms with Crippen LogP contribution in [-0.4, -0.2) is 169 Å². The van der Waals surface area contributed by atoms with Crippen LogP contribution in [0.15, 0.2) is 36.4 Å². The highest BCUT2D eigenvalue weighted by Crippen LogP contribution is 2.31. The van der Waals surface area contributed by atoms with Gasteiger partial charge in [0.15, 0.2) is 0 Å². The maximum Gasteiger partial charge on any atom is 0.408 e. The molecule has 1 heterocycles. The molecule has 18 N–H and O–H groups in total. The molecule has 27 heteroatoms. The van der Waals surface area contributed by atoms with E-state index in [0.29, 0.717) is 43.5 Å². The first-order valence-corrected chi connectivity index (χ1v) is 25.5. The number of nitrogens with one attached hydrogen (secondary N) is 6. The van der Waals surface area contributed by atoms with Crippen LogP contribution in [0.3, 0.4) is 0 Å². The third kappa shape index (κ3) is 31.3. The zero-order valence-electron chi connectivity index (χ0n) is 46.6. The molecule has 3 rings (SSSR count). The molecule has 4 bridgehead atoms. The molecule has 0 spiro atoms. The fraction of sp³-hybridized carbons (Fsp3) is 0.577. The number of amides is 7. The maximum absolute atomic E-state index is 14.5. The monoisotopic (exact) mass is 1120 g/mol. The summed E-state index contributed by atoms with van der Waals surface area (Å²) in [6, 6.07) is 3.34. The number of carboxylic acid groups (broad SMARTS) is 4. The van der Waals surface area contributed by atoms with Crippen molar-refractivity contribution in [3.63, 3.8) is 0 Å². The van der Waals surface area contributed by atoms with Gasteiger partial charge in [-0.3, -0.25) is 38.4 Å². The van der Waals surface area contributed by atoms with Gasteiger partial charge in [-0.2, -0.15) is 0 Å². The molecule has 0 aliphatic carbocycles. The van der Waals surface area contributed by atoms with E-state index in [1.807, 2.05) is 0 Å². The average Bonchev–Trinajstić information content (AvgIpc) is 3.30. The first-order valence-electron chi connectivity index (χ1n) is 25.5. The number of carbonyl (C=O) groups is 10. The van der Waals surface area contributed by atoms with Crippen LogP contribution in [0, 0.1) is 0 Å². The van der Waals surface area contributed by atoms with Crippen LogP contribution in [0.4, 0.5) is 9.59 Å². The molecule has 444 valence electrons. The SMILES string of the molecule is CC(=O)O.CC(=O)O.CC(=O)O.CC(C)(C)OC(=O)N[C@H]1Cc2cc(ccc2O)-c2ccc(O)c(c2)C[C@@H](C(=O)N[C@@H](CCCN)C(=O)NCCC[C@H](N)CC(=O)NCCN)NC(=O)[C@H](CCCN(C(=O)O)C(C)(C)C)NC1=O. The number of hydrogen-bond acceptors (Lipinski definition) is 16. The molecule has 5 atom stereocenters. The van der Waals surface area contributed by atoms with Crippen LogP contribution in [0.25, 0.3) is 11.1 Å². The zero-order chi connectivity index (χ0) is 60.8. The number of phenols is 2. The Balaban J connectivity index is 0.00000458. The van der Waals surface area contributed by atoms with Gasteiger partial charge in [-0.05, 0) is 133 Å². The molecular formula is C52H84N10O17. The number of nitrogens with two attached hydrogens (primary N) is 3. The van der Waals surface area contributed by atoms with Crippen molar-refractivity contribution in [2.75, 3.05) is 32.7 Å². The van der Waals surface area contributed by atoms with E-state index in [9.17, 15) is 48.9 Å². The molecule has 27 nitrogen and oxygen atoms in total. The molecule has 0 radical (unpaired) electrons. The molecule has 0 unspecified atom stereocenters. The lowest BCUT2D eigenvalue weighted by molar-refractivity contribution is -0.135. The molecule has 1 aliphatic rings. The number of aromatic hydroxyl groups is 2. The molecule has 2 aromatic carbocycles. The van der Waals surface area contributed by atoms with Crippen molar-refractivity contribution in [3.05, 3.63) is 47.5 Å². The highest BCUT2D eigenvalue weighted by Gasteiger charge is 2.34. The molecule has 0 fully saturated rings. The Morgan fingerprint density at radius 1 is 0.722 bits per heavy atom. The molecule has 79 heavy (non-hydrogen) atoms. The van der Waals surface area contributed by atoms with Crippen molar-refractivity contribution in [1.29, 1.82) is 0 Å². The summed E-state index contributed by atoms with van der Waals surface area (Å²) in [5, 5.41) is 70.5. The molecule has 7 amide bonds. The Kier molecular flexibility index (Phi) is 32.1. The Labute approximate surface area is 460 Å². The Hall–Kier alpha value is -7.78. The van der Waals surface area contributed by atoms with Crippen LogP contribution < -0.4 is 49.1 Å². The lowest BCUT2D eigenvalue weighted by atomic mass is 9.95. The smallest absolute Gasteiger partial charge is 0.408 e. The number of carbonyl (C=O) groups excluding carboxylic acids is 6. The van der Waals surface area contributed by atoms with Crippen molar-refractivity contribution in [2.45, 2.75) is 161 Å². The predicted molar refractivity (Wildman–Crippen MR) is 290 cm³/mol. The minimum absolute atomic E-state index is 0.0443. The summed E-state index contributed by atoms with van der Waals surface area (Å²) in [4.78, 5) is 122. The van der Waals surface area contributed by atoms with Crippen molar-refractivity contribution in [3.8, 4) is 22.6 Å². The Morgan fingerprint density at radius 2 is 1.25 bits per heavy atom.